The molecular formula is C17H24F2N4O2. The summed E-state index contributed by atoms with van der Waals surface area (Å²) in [5, 5.41) is 3.24. The minimum Gasteiger partial charge on any atom is -0.435 e. The Kier molecular flexibility index (Phi) is 5.82. The first kappa shape index (κ1) is 18.0. The number of nitrogens with zero attached hydrogens (tertiary/aromatic N) is 1. The van der Waals surface area contributed by atoms with Crippen LogP contribution in [0.15, 0.2) is 24.3 Å². The van der Waals surface area contributed by atoms with Gasteiger partial charge >= 0.3 is 6.61 Å². The molecule has 0 saturated carbocycles. The molecule has 1 aromatic carbocycles. The summed E-state index contributed by atoms with van der Waals surface area (Å²) in [7, 11) is 1.91. The highest BCUT2D eigenvalue weighted by molar-refractivity contribution is 5.80. The summed E-state index contributed by atoms with van der Waals surface area (Å²) in [5.74, 6) is -0.0966. The zero-order valence-electron chi connectivity index (χ0n) is 14.2. The van der Waals surface area contributed by atoms with E-state index in [9.17, 15) is 13.6 Å². The molecule has 8 heteroatoms. The van der Waals surface area contributed by atoms with E-state index in [-0.39, 0.29) is 23.6 Å². The zero-order valence-corrected chi connectivity index (χ0v) is 14.2. The number of piperidine rings is 1. The summed E-state index contributed by atoms with van der Waals surface area (Å²) < 4.78 is 29.3. The third-order valence-electron chi connectivity index (χ3n) is 4.88. The van der Waals surface area contributed by atoms with Crippen molar-refractivity contribution in [1.29, 1.82) is 0 Å². The standard InChI is InChI=1S/C17H24F2N4O2/c1-20-12-5-3-7-23(10-12)16(24)14-9-21-22-15(14)11-4-2-6-13(8-11)25-17(18)19/h2,4,6,8,12,14-15,17,20-22H,3,5,7,9-10H2,1H3. The van der Waals surface area contributed by atoms with Crippen LogP contribution in [0, 0.1) is 5.92 Å². The lowest BCUT2D eigenvalue weighted by atomic mass is 9.92. The van der Waals surface area contributed by atoms with Crippen molar-refractivity contribution in [2.75, 3.05) is 26.7 Å². The molecule has 1 aromatic rings. The topological polar surface area (TPSA) is 65.6 Å². The summed E-state index contributed by atoms with van der Waals surface area (Å²) in [4.78, 5) is 14.9. The largest absolute Gasteiger partial charge is 0.435 e. The fourth-order valence-electron chi connectivity index (χ4n) is 3.57. The number of hydrazine groups is 1. The second kappa shape index (κ2) is 8.07. The van der Waals surface area contributed by atoms with Gasteiger partial charge in [-0.15, -0.1) is 0 Å². The van der Waals surface area contributed by atoms with Gasteiger partial charge in [0.2, 0.25) is 5.91 Å². The average Bonchev–Trinajstić information content (AvgIpc) is 3.10. The van der Waals surface area contributed by atoms with E-state index in [0.717, 1.165) is 24.9 Å². The Morgan fingerprint density at radius 1 is 1.44 bits per heavy atom. The molecule has 2 heterocycles. The predicted molar refractivity (Wildman–Crippen MR) is 89.1 cm³/mol. The van der Waals surface area contributed by atoms with Gasteiger partial charge in [0.25, 0.3) is 0 Å². The molecule has 0 aliphatic carbocycles. The number of ether oxygens (including phenoxy) is 1. The molecule has 25 heavy (non-hydrogen) atoms. The molecule has 2 saturated heterocycles. The van der Waals surface area contributed by atoms with E-state index in [1.165, 1.54) is 6.07 Å². The van der Waals surface area contributed by atoms with Crippen molar-refractivity contribution in [3.8, 4) is 5.75 Å². The van der Waals surface area contributed by atoms with Gasteiger partial charge in [0.15, 0.2) is 0 Å². The van der Waals surface area contributed by atoms with Crippen molar-refractivity contribution in [1.82, 2.24) is 21.1 Å². The van der Waals surface area contributed by atoms with Crippen LogP contribution in [0.2, 0.25) is 0 Å². The van der Waals surface area contributed by atoms with E-state index in [4.69, 9.17) is 0 Å². The number of rotatable bonds is 5. The molecule has 138 valence electrons. The average molecular weight is 354 g/mol. The van der Waals surface area contributed by atoms with Gasteiger partial charge in [-0.1, -0.05) is 12.1 Å². The van der Waals surface area contributed by atoms with E-state index >= 15 is 0 Å². The number of halogens is 2. The minimum absolute atomic E-state index is 0.0858. The van der Waals surface area contributed by atoms with Crippen LogP contribution in [0.5, 0.6) is 5.75 Å². The number of benzene rings is 1. The van der Waals surface area contributed by atoms with Gasteiger partial charge in [0.05, 0.1) is 12.0 Å². The third kappa shape index (κ3) is 4.26. The zero-order chi connectivity index (χ0) is 17.8. The molecular weight excluding hydrogens is 330 g/mol. The van der Waals surface area contributed by atoms with Crippen molar-refractivity contribution in [3.63, 3.8) is 0 Å². The van der Waals surface area contributed by atoms with Gasteiger partial charge in [0.1, 0.15) is 5.75 Å². The maximum Gasteiger partial charge on any atom is 0.387 e. The summed E-state index contributed by atoms with van der Waals surface area (Å²) in [6, 6.07) is 6.56. The number of nitrogens with one attached hydrogen (secondary N) is 3. The van der Waals surface area contributed by atoms with Crippen molar-refractivity contribution >= 4 is 5.91 Å². The predicted octanol–water partition coefficient (Wildman–Crippen LogP) is 1.26. The Labute approximate surface area is 145 Å². The molecule has 0 spiro atoms. The number of alkyl halides is 2. The Morgan fingerprint density at radius 3 is 3.04 bits per heavy atom. The Hall–Kier alpha value is -1.77. The number of carbonyl (C=O) groups is 1. The molecule has 2 aliphatic heterocycles. The molecule has 3 unspecified atom stereocenters. The molecule has 1 amide bonds. The van der Waals surface area contributed by atoms with E-state index in [1.807, 2.05) is 18.0 Å². The van der Waals surface area contributed by atoms with Crippen molar-refractivity contribution < 1.29 is 18.3 Å². The first-order valence-electron chi connectivity index (χ1n) is 8.57. The number of likely N-dealkylation sites (tertiary alicyclic amines) is 1. The highest BCUT2D eigenvalue weighted by Crippen LogP contribution is 2.30. The molecule has 0 bridgehead atoms. The van der Waals surface area contributed by atoms with Gasteiger partial charge in [-0.3, -0.25) is 10.2 Å². The smallest absolute Gasteiger partial charge is 0.387 e. The van der Waals surface area contributed by atoms with Crippen LogP contribution in [-0.4, -0.2) is 50.1 Å². The van der Waals surface area contributed by atoms with Crippen LogP contribution < -0.4 is 20.9 Å². The maximum atomic E-state index is 13.0. The lowest BCUT2D eigenvalue weighted by Gasteiger charge is -2.35. The lowest BCUT2D eigenvalue weighted by Crippen LogP contribution is -2.49. The first-order valence-corrected chi connectivity index (χ1v) is 8.57. The van der Waals surface area contributed by atoms with Crippen LogP contribution in [0.3, 0.4) is 0 Å². The minimum atomic E-state index is -2.87. The van der Waals surface area contributed by atoms with Crippen molar-refractivity contribution in [2.24, 2.45) is 5.92 Å². The highest BCUT2D eigenvalue weighted by Gasteiger charge is 2.37. The van der Waals surface area contributed by atoms with Crippen LogP contribution in [0.4, 0.5) is 8.78 Å². The van der Waals surface area contributed by atoms with E-state index in [2.05, 4.69) is 20.9 Å². The third-order valence-corrected chi connectivity index (χ3v) is 4.88. The van der Waals surface area contributed by atoms with Gasteiger partial charge in [-0.05, 0) is 37.6 Å². The van der Waals surface area contributed by atoms with Gasteiger partial charge in [-0.25, -0.2) is 5.43 Å². The Morgan fingerprint density at radius 2 is 2.28 bits per heavy atom. The van der Waals surface area contributed by atoms with Crippen LogP contribution in [-0.2, 0) is 4.79 Å². The molecule has 6 nitrogen and oxygen atoms in total. The molecule has 2 fully saturated rings. The number of hydrogen-bond acceptors (Lipinski definition) is 5. The fraction of sp³-hybridized carbons (Fsp3) is 0.588. The normalized spacial score (nSPS) is 26.9. The summed E-state index contributed by atoms with van der Waals surface area (Å²) in [6.45, 7) is -0.902. The van der Waals surface area contributed by atoms with Crippen LogP contribution >= 0.6 is 0 Å². The highest BCUT2D eigenvalue weighted by atomic mass is 19.3. The monoisotopic (exact) mass is 354 g/mol. The Balaban J connectivity index is 1.73. The van der Waals surface area contributed by atoms with Gasteiger partial charge < -0.3 is 15.0 Å². The van der Waals surface area contributed by atoms with E-state index < -0.39 is 6.61 Å². The first-order chi connectivity index (χ1) is 12.1. The lowest BCUT2D eigenvalue weighted by molar-refractivity contribution is -0.136. The fourth-order valence-corrected chi connectivity index (χ4v) is 3.57. The Bertz CT molecular complexity index is 602. The van der Waals surface area contributed by atoms with Crippen LogP contribution in [0.25, 0.3) is 0 Å². The second-order valence-corrected chi connectivity index (χ2v) is 6.47. The number of likely N-dealkylation sites (N-methyl/N-ethyl adjacent to an activating group) is 1. The SMILES string of the molecule is CNC1CCCN(C(=O)C2CNNC2c2cccc(OC(F)F)c2)C1. The van der Waals surface area contributed by atoms with Gasteiger partial charge in [-0.2, -0.15) is 8.78 Å². The van der Waals surface area contributed by atoms with Crippen LogP contribution in [0.1, 0.15) is 24.4 Å². The van der Waals surface area contributed by atoms with E-state index in [1.54, 1.807) is 12.1 Å². The molecule has 2 aliphatic rings. The van der Waals surface area contributed by atoms with E-state index in [0.29, 0.717) is 19.1 Å². The number of amides is 1. The quantitative estimate of drug-likeness (QED) is 0.743. The molecule has 3 N–H and O–H groups in total. The second-order valence-electron chi connectivity index (χ2n) is 6.47. The summed E-state index contributed by atoms with van der Waals surface area (Å²) in [6.07, 6.45) is 2.05. The van der Waals surface area contributed by atoms with Gasteiger partial charge in [0, 0.05) is 25.7 Å². The number of carbonyl (C=O) groups excluding carboxylic acids is 1. The molecule has 0 radical (unpaired) electrons. The maximum absolute atomic E-state index is 13.0. The summed E-state index contributed by atoms with van der Waals surface area (Å²) >= 11 is 0. The van der Waals surface area contributed by atoms with Crippen molar-refractivity contribution in [3.05, 3.63) is 29.8 Å². The molecule has 3 rings (SSSR count). The summed E-state index contributed by atoms with van der Waals surface area (Å²) in [5.41, 5.74) is 6.87. The molecule has 3 atom stereocenters. The number of hydrogen-bond donors (Lipinski definition) is 3. The van der Waals surface area contributed by atoms with Crippen molar-refractivity contribution in [2.45, 2.75) is 31.5 Å². The molecule has 0 aromatic heterocycles.